The average molecular weight is 245 g/mol. The van der Waals surface area contributed by atoms with Crippen molar-refractivity contribution in [2.45, 2.75) is 13.5 Å². The number of nitrogen functional groups attached to an aromatic ring is 1. The minimum absolute atomic E-state index is 0.327. The second-order valence-electron chi connectivity index (χ2n) is 3.82. The lowest BCUT2D eigenvalue weighted by molar-refractivity contribution is 0.300. The molecule has 2 rings (SSSR count). The molecule has 0 aliphatic carbocycles. The van der Waals surface area contributed by atoms with E-state index in [9.17, 15) is 0 Å². The molecule has 0 amide bonds. The van der Waals surface area contributed by atoms with E-state index in [0.29, 0.717) is 18.2 Å². The van der Waals surface area contributed by atoms with Gasteiger partial charge in [-0.3, -0.25) is 4.98 Å². The largest absolute Gasteiger partial charge is 0.497 e. The Morgan fingerprint density at radius 2 is 2.17 bits per heavy atom. The Hall–Kier alpha value is -2.30. The summed E-state index contributed by atoms with van der Waals surface area (Å²) in [5, 5.41) is 0. The Balaban J connectivity index is 2.11. The third kappa shape index (κ3) is 2.88. The molecule has 0 atom stereocenters. The number of anilines is 1. The average Bonchev–Trinajstić information content (AvgIpc) is 2.37. The van der Waals surface area contributed by atoms with Gasteiger partial charge in [0.15, 0.2) is 11.6 Å². The van der Waals surface area contributed by atoms with Crippen molar-refractivity contribution in [2.75, 3.05) is 12.8 Å². The molecule has 0 radical (unpaired) electrons. The number of nitrogens with zero attached hydrogens (tertiary/aromatic N) is 2. The maximum atomic E-state index is 5.69. The van der Waals surface area contributed by atoms with Crippen LogP contribution in [0.5, 0.6) is 11.5 Å². The molecule has 0 aliphatic rings. The van der Waals surface area contributed by atoms with E-state index >= 15 is 0 Å². The number of hydrogen-bond acceptors (Lipinski definition) is 5. The molecule has 94 valence electrons. The number of nitrogens with two attached hydrogens (primary N) is 1. The predicted molar refractivity (Wildman–Crippen MR) is 68.5 cm³/mol. The highest BCUT2D eigenvalue weighted by atomic mass is 16.5. The van der Waals surface area contributed by atoms with Gasteiger partial charge in [-0.25, -0.2) is 4.98 Å². The van der Waals surface area contributed by atoms with Crippen LogP contribution in [0.15, 0.2) is 30.5 Å². The van der Waals surface area contributed by atoms with Crippen molar-refractivity contribution in [3.05, 3.63) is 41.9 Å². The van der Waals surface area contributed by atoms with Crippen LogP contribution in [0, 0.1) is 6.92 Å². The summed E-state index contributed by atoms with van der Waals surface area (Å²) in [5.74, 6) is 1.69. The second-order valence-corrected chi connectivity index (χ2v) is 3.82. The van der Waals surface area contributed by atoms with Crippen LogP contribution in [-0.2, 0) is 6.61 Å². The Kier molecular flexibility index (Phi) is 3.62. The van der Waals surface area contributed by atoms with Gasteiger partial charge in [0.25, 0.3) is 0 Å². The van der Waals surface area contributed by atoms with Gasteiger partial charge in [-0.1, -0.05) is 0 Å². The fourth-order valence-electron chi connectivity index (χ4n) is 1.57. The smallest absolute Gasteiger partial charge is 0.166 e. The molecule has 2 aromatic heterocycles. The van der Waals surface area contributed by atoms with Crippen molar-refractivity contribution >= 4 is 5.82 Å². The highest BCUT2D eigenvalue weighted by molar-refractivity contribution is 5.44. The molecular formula is C13H15N3O2. The van der Waals surface area contributed by atoms with E-state index < -0.39 is 0 Å². The number of hydrogen-bond donors (Lipinski definition) is 1. The van der Waals surface area contributed by atoms with Crippen molar-refractivity contribution in [1.29, 1.82) is 0 Å². The van der Waals surface area contributed by atoms with E-state index in [0.717, 1.165) is 17.1 Å². The van der Waals surface area contributed by atoms with Crippen LogP contribution in [0.2, 0.25) is 0 Å². The summed E-state index contributed by atoms with van der Waals surface area (Å²) >= 11 is 0. The monoisotopic (exact) mass is 245 g/mol. The first-order valence-corrected chi connectivity index (χ1v) is 5.54. The molecule has 0 bridgehead atoms. The van der Waals surface area contributed by atoms with Gasteiger partial charge >= 0.3 is 0 Å². The molecule has 2 heterocycles. The van der Waals surface area contributed by atoms with Crippen LogP contribution in [0.25, 0.3) is 0 Å². The molecule has 2 aromatic rings. The summed E-state index contributed by atoms with van der Waals surface area (Å²) in [7, 11) is 1.62. The summed E-state index contributed by atoms with van der Waals surface area (Å²) in [4.78, 5) is 8.31. The molecule has 0 aromatic carbocycles. The van der Waals surface area contributed by atoms with E-state index in [1.165, 1.54) is 0 Å². The third-order valence-electron chi connectivity index (χ3n) is 2.39. The maximum absolute atomic E-state index is 5.69. The fourth-order valence-corrected chi connectivity index (χ4v) is 1.57. The van der Waals surface area contributed by atoms with Gasteiger partial charge in [0.1, 0.15) is 12.4 Å². The van der Waals surface area contributed by atoms with Gasteiger partial charge in [0.2, 0.25) is 0 Å². The first-order valence-electron chi connectivity index (χ1n) is 5.54. The highest BCUT2D eigenvalue weighted by Gasteiger charge is 2.04. The minimum Gasteiger partial charge on any atom is -0.497 e. The molecule has 0 saturated heterocycles. The summed E-state index contributed by atoms with van der Waals surface area (Å²) in [5.41, 5.74) is 7.36. The Morgan fingerprint density at radius 3 is 2.89 bits per heavy atom. The van der Waals surface area contributed by atoms with Crippen molar-refractivity contribution < 1.29 is 9.47 Å². The van der Waals surface area contributed by atoms with Crippen LogP contribution in [0.4, 0.5) is 5.82 Å². The standard InChI is InChI=1S/C13H15N3O2/c1-9-6-11(17-2)7-10(16-9)8-18-12-4-3-5-15-13(12)14/h3-7H,8H2,1-2H3,(H2,14,15). The number of pyridine rings is 2. The predicted octanol–water partition coefficient (Wildman–Crippen LogP) is 1.95. The summed E-state index contributed by atoms with van der Waals surface area (Å²) in [6.07, 6.45) is 1.62. The zero-order chi connectivity index (χ0) is 13.0. The van der Waals surface area contributed by atoms with Crippen LogP contribution < -0.4 is 15.2 Å². The molecule has 5 nitrogen and oxygen atoms in total. The lowest BCUT2D eigenvalue weighted by atomic mass is 10.3. The summed E-state index contributed by atoms with van der Waals surface area (Å²) in [6.45, 7) is 2.23. The molecule has 18 heavy (non-hydrogen) atoms. The Morgan fingerprint density at radius 1 is 1.33 bits per heavy atom. The number of aryl methyl sites for hydroxylation is 1. The number of methoxy groups -OCH3 is 1. The van der Waals surface area contributed by atoms with Crippen molar-refractivity contribution in [2.24, 2.45) is 0 Å². The fraction of sp³-hybridized carbons (Fsp3) is 0.231. The van der Waals surface area contributed by atoms with E-state index in [-0.39, 0.29) is 0 Å². The number of rotatable bonds is 4. The van der Waals surface area contributed by atoms with Crippen molar-refractivity contribution in [3.8, 4) is 11.5 Å². The molecule has 0 spiro atoms. The Bertz CT molecular complexity index is 544. The third-order valence-corrected chi connectivity index (χ3v) is 2.39. The van der Waals surface area contributed by atoms with E-state index in [1.54, 1.807) is 25.4 Å². The highest BCUT2D eigenvalue weighted by Crippen LogP contribution is 2.19. The van der Waals surface area contributed by atoms with Gasteiger partial charge in [0.05, 0.1) is 12.8 Å². The zero-order valence-electron chi connectivity index (χ0n) is 10.4. The van der Waals surface area contributed by atoms with Crippen LogP contribution in [-0.4, -0.2) is 17.1 Å². The van der Waals surface area contributed by atoms with Gasteiger partial charge in [-0.15, -0.1) is 0 Å². The molecule has 0 aliphatic heterocycles. The second kappa shape index (κ2) is 5.35. The normalized spacial score (nSPS) is 10.1. The molecule has 0 fully saturated rings. The van der Waals surface area contributed by atoms with Crippen molar-refractivity contribution in [1.82, 2.24) is 9.97 Å². The summed E-state index contributed by atoms with van der Waals surface area (Å²) in [6, 6.07) is 7.24. The Labute approximate surface area is 106 Å². The van der Waals surface area contributed by atoms with Crippen LogP contribution in [0.1, 0.15) is 11.4 Å². The van der Waals surface area contributed by atoms with E-state index in [4.69, 9.17) is 15.2 Å². The molecule has 0 saturated carbocycles. The van der Waals surface area contributed by atoms with Crippen molar-refractivity contribution in [3.63, 3.8) is 0 Å². The first-order chi connectivity index (χ1) is 8.69. The molecule has 0 unspecified atom stereocenters. The van der Waals surface area contributed by atoms with Gasteiger partial charge in [0, 0.05) is 24.0 Å². The number of ether oxygens (including phenoxy) is 2. The topological polar surface area (TPSA) is 70.3 Å². The molecular weight excluding hydrogens is 230 g/mol. The van der Waals surface area contributed by atoms with Gasteiger partial charge in [-0.05, 0) is 19.1 Å². The van der Waals surface area contributed by atoms with Crippen LogP contribution >= 0.6 is 0 Å². The quantitative estimate of drug-likeness (QED) is 0.891. The zero-order valence-corrected chi connectivity index (χ0v) is 10.4. The molecule has 2 N–H and O–H groups in total. The first kappa shape index (κ1) is 12.2. The van der Waals surface area contributed by atoms with E-state index in [2.05, 4.69) is 9.97 Å². The SMILES string of the molecule is COc1cc(C)nc(COc2cccnc2N)c1. The lowest BCUT2D eigenvalue weighted by Gasteiger charge is -2.09. The van der Waals surface area contributed by atoms with Crippen LogP contribution in [0.3, 0.4) is 0 Å². The van der Waals surface area contributed by atoms with Gasteiger partial charge in [-0.2, -0.15) is 0 Å². The lowest BCUT2D eigenvalue weighted by Crippen LogP contribution is -2.03. The summed E-state index contributed by atoms with van der Waals surface area (Å²) < 4.78 is 10.8. The maximum Gasteiger partial charge on any atom is 0.166 e. The van der Waals surface area contributed by atoms with Gasteiger partial charge < -0.3 is 15.2 Å². The van der Waals surface area contributed by atoms with E-state index in [1.807, 2.05) is 19.1 Å². The molecule has 5 heteroatoms. The minimum atomic E-state index is 0.327. The number of aromatic nitrogens is 2.